The fourth-order valence-corrected chi connectivity index (χ4v) is 2.12. The number of hydrogen-bond donors (Lipinski definition) is 2. The Labute approximate surface area is 155 Å². The predicted molar refractivity (Wildman–Crippen MR) is 106 cm³/mol. The smallest absolute Gasteiger partial charge is 0.191 e. The summed E-state index contributed by atoms with van der Waals surface area (Å²) in [5, 5.41) is 6.67. The van der Waals surface area contributed by atoms with Crippen LogP contribution < -0.4 is 10.6 Å². The van der Waals surface area contributed by atoms with E-state index < -0.39 is 0 Å². The predicted octanol–water partition coefficient (Wildman–Crippen LogP) is 3.01. The summed E-state index contributed by atoms with van der Waals surface area (Å²) < 4.78 is 2.15. The number of imidazole rings is 1. The number of aliphatic imine (C=N–C) groups is 1. The van der Waals surface area contributed by atoms with Crippen LogP contribution in [0.3, 0.4) is 0 Å². The lowest BCUT2D eigenvalue weighted by Crippen LogP contribution is -2.41. The van der Waals surface area contributed by atoms with E-state index in [0.717, 1.165) is 24.7 Å². The molecule has 1 atom stereocenters. The average Bonchev–Trinajstić information content (AvgIpc) is 2.99. The van der Waals surface area contributed by atoms with Crippen molar-refractivity contribution in [1.82, 2.24) is 20.2 Å². The molecule has 23 heavy (non-hydrogen) atoms. The topological polar surface area (TPSA) is 54.2 Å². The Balaban J connectivity index is 0.00000264. The third-order valence-electron chi connectivity index (χ3n) is 3.63. The van der Waals surface area contributed by atoms with Gasteiger partial charge in [0.2, 0.25) is 0 Å². The highest BCUT2D eigenvalue weighted by Crippen LogP contribution is 2.05. The Morgan fingerprint density at radius 3 is 2.70 bits per heavy atom. The lowest BCUT2D eigenvalue weighted by Gasteiger charge is -2.16. The molecule has 0 aliphatic rings. The average molecular weight is 427 g/mol. The van der Waals surface area contributed by atoms with Crippen LogP contribution in [-0.4, -0.2) is 28.6 Å². The molecule has 2 aromatic rings. The van der Waals surface area contributed by atoms with E-state index in [0.29, 0.717) is 12.6 Å². The van der Waals surface area contributed by atoms with Crippen LogP contribution in [0.2, 0.25) is 0 Å². The number of guanidine groups is 1. The molecule has 5 nitrogen and oxygen atoms in total. The zero-order chi connectivity index (χ0) is 15.8. The van der Waals surface area contributed by atoms with Crippen LogP contribution >= 0.6 is 24.0 Å². The van der Waals surface area contributed by atoms with Crippen LogP contribution in [0.1, 0.15) is 31.7 Å². The molecule has 0 radical (unpaired) electrons. The molecule has 0 spiro atoms. The second kappa shape index (κ2) is 10.3. The van der Waals surface area contributed by atoms with E-state index in [1.807, 2.05) is 18.5 Å². The highest BCUT2D eigenvalue weighted by Gasteiger charge is 2.06. The first-order valence-corrected chi connectivity index (χ1v) is 7.74. The molecular formula is C17H26IN5. The number of aromatic nitrogens is 2. The van der Waals surface area contributed by atoms with Crippen LogP contribution in [0.4, 0.5) is 0 Å². The van der Waals surface area contributed by atoms with Crippen LogP contribution in [0.5, 0.6) is 0 Å². The van der Waals surface area contributed by atoms with E-state index >= 15 is 0 Å². The van der Waals surface area contributed by atoms with Gasteiger partial charge in [-0.2, -0.15) is 0 Å². The molecule has 0 aliphatic heterocycles. The van der Waals surface area contributed by atoms with Crippen molar-refractivity contribution in [3.63, 3.8) is 0 Å². The van der Waals surface area contributed by atoms with Gasteiger partial charge in [-0.25, -0.2) is 4.98 Å². The number of benzene rings is 1. The Bertz CT molecular complexity index is 594. The Kier molecular flexibility index (Phi) is 8.68. The summed E-state index contributed by atoms with van der Waals surface area (Å²) >= 11 is 0. The molecular weight excluding hydrogens is 401 g/mol. The second-order valence-corrected chi connectivity index (χ2v) is 5.34. The first-order chi connectivity index (χ1) is 10.7. The maximum Gasteiger partial charge on any atom is 0.191 e. The lowest BCUT2D eigenvalue weighted by atomic mass is 10.2. The largest absolute Gasteiger partial charge is 0.354 e. The summed E-state index contributed by atoms with van der Waals surface area (Å²) in [6.07, 6.45) is 4.91. The number of rotatable bonds is 6. The van der Waals surface area contributed by atoms with Gasteiger partial charge in [0, 0.05) is 32.0 Å². The quantitative estimate of drug-likeness (QED) is 0.424. The summed E-state index contributed by atoms with van der Waals surface area (Å²) in [5.41, 5.74) is 1.27. The molecule has 0 bridgehead atoms. The monoisotopic (exact) mass is 427 g/mol. The molecule has 0 saturated heterocycles. The van der Waals surface area contributed by atoms with Gasteiger partial charge in [0.15, 0.2) is 5.96 Å². The van der Waals surface area contributed by atoms with E-state index in [1.165, 1.54) is 5.56 Å². The molecule has 0 fully saturated rings. The van der Waals surface area contributed by atoms with E-state index in [9.17, 15) is 0 Å². The zero-order valence-electron chi connectivity index (χ0n) is 14.0. The minimum Gasteiger partial charge on any atom is -0.354 e. The maximum atomic E-state index is 4.44. The summed E-state index contributed by atoms with van der Waals surface area (Å²) in [7, 11) is 1.79. The molecule has 2 N–H and O–H groups in total. The number of halogens is 1. The van der Waals surface area contributed by atoms with Crippen molar-refractivity contribution in [3.8, 4) is 0 Å². The zero-order valence-corrected chi connectivity index (χ0v) is 16.3. The molecule has 0 amide bonds. The number of nitrogens with one attached hydrogen (secondary N) is 2. The molecule has 6 heteroatoms. The van der Waals surface area contributed by atoms with E-state index in [2.05, 4.69) is 63.3 Å². The van der Waals surface area contributed by atoms with Gasteiger partial charge < -0.3 is 15.2 Å². The van der Waals surface area contributed by atoms with Gasteiger partial charge >= 0.3 is 0 Å². The third-order valence-corrected chi connectivity index (χ3v) is 3.63. The normalized spacial score (nSPS) is 12.4. The molecule has 1 aromatic heterocycles. The minimum atomic E-state index is 0. The first-order valence-electron chi connectivity index (χ1n) is 7.74. The van der Waals surface area contributed by atoms with Crippen molar-refractivity contribution in [2.24, 2.45) is 4.99 Å². The molecule has 1 heterocycles. The highest BCUT2D eigenvalue weighted by molar-refractivity contribution is 14.0. The van der Waals surface area contributed by atoms with Crippen molar-refractivity contribution in [2.45, 2.75) is 39.4 Å². The molecule has 126 valence electrons. The summed E-state index contributed by atoms with van der Waals surface area (Å²) in [6, 6.07) is 10.8. The third kappa shape index (κ3) is 6.21. The van der Waals surface area contributed by atoms with Crippen LogP contribution in [0.25, 0.3) is 0 Å². The van der Waals surface area contributed by atoms with Gasteiger partial charge in [-0.3, -0.25) is 4.99 Å². The molecule has 1 unspecified atom stereocenters. The SMILES string of the molecule is CCC(C)NC(=NC)NCc1nccn1Cc1ccccc1.I. The molecule has 1 aromatic carbocycles. The number of hydrogen-bond acceptors (Lipinski definition) is 2. The van der Waals surface area contributed by atoms with Gasteiger partial charge in [0.1, 0.15) is 5.82 Å². The van der Waals surface area contributed by atoms with Crippen LogP contribution in [0, 0.1) is 0 Å². The molecule has 2 rings (SSSR count). The van der Waals surface area contributed by atoms with Gasteiger partial charge in [0.05, 0.1) is 6.54 Å². The summed E-state index contributed by atoms with van der Waals surface area (Å²) in [4.78, 5) is 8.68. The van der Waals surface area contributed by atoms with Crippen molar-refractivity contribution < 1.29 is 0 Å². The molecule has 0 saturated carbocycles. The van der Waals surface area contributed by atoms with Crippen molar-refractivity contribution in [3.05, 3.63) is 54.1 Å². The van der Waals surface area contributed by atoms with Gasteiger partial charge in [0.25, 0.3) is 0 Å². The maximum absolute atomic E-state index is 4.44. The lowest BCUT2D eigenvalue weighted by molar-refractivity contribution is 0.616. The van der Waals surface area contributed by atoms with Gasteiger partial charge in [-0.05, 0) is 18.9 Å². The van der Waals surface area contributed by atoms with Crippen LogP contribution in [-0.2, 0) is 13.1 Å². The van der Waals surface area contributed by atoms with E-state index in [1.54, 1.807) is 7.05 Å². The first kappa shape index (κ1) is 19.5. The number of nitrogens with zero attached hydrogens (tertiary/aromatic N) is 3. The van der Waals surface area contributed by atoms with E-state index in [-0.39, 0.29) is 24.0 Å². The Morgan fingerprint density at radius 2 is 2.04 bits per heavy atom. The van der Waals surface area contributed by atoms with Crippen molar-refractivity contribution in [1.29, 1.82) is 0 Å². The minimum absolute atomic E-state index is 0. The second-order valence-electron chi connectivity index (χ2n) is 5.34. The highest BCUT2D eigenvalue weighted by atomic mass is 127. The van der Waals surface area contributed by atoms with Crippen molar-refractivity contribution >= 4 is 29.9 Å². The standard InChI is InChI=1S/C17H25N5.HI/c1-4-14(2)21-17(18-3)20-12-16-19-10-11-22(16)13-15-8-6-5-7-9-15;/h5-11,14H,4,12-13H2,1-3H3,(H2,18,20,21);1H. The molecule has 0 aliphatic carbocycles. The van der Waals surface area contributed by atoms with Crippen LogP contribution in [0.15, 0.2) is 47.7 Å². The van der Waals surface area contributed by atoms with Gasteiger partial charge in [-0.15, -0.1) is 24.0 Å². The Morgan fingerprint density at radius 1 is 1.30 bits per heavy atom. The van der Waals surface area contributed by atoms with E-state index in [4.69, 9.17) is 0 Å². The summed E-state index contributed by atoms with van der Waals surface area (Å²) in [5.74, 6) is 1.81. The van der Waals surface area contributed by atoms with Crippen molar-refractivity contribution in [2.75, 3.05) is 7.05 Å². The van der Waals surface area contributed by atoms with Gasteiger partial charge in [-0.1, -0.05) is 37.3 Å². The fraction of sp³-hybridized carbons (Fsp3) is 0.412. The Hall–Kier alpha value is -1.57. The summed E-state index contributed by atoms with van der Waals surface area (Å²) in [6.45, 7) is 5.77. The fourth-order valence-electron chi connectivity index (χ4n) is 2.12.